The molecule has 1 atom stereocenters. The molecule has 1 saturated carbocycles. The molecule has 1 aliphatic carbocycles. The third-order valence-electron chi connectivity index (χ3n) is 7.54. The van der Waals surface area contributed by atoms with Crippen LogP contribution in [0.25, 0.3) is 0 Å². The molecular formula is C29H34N8S. The first-order valence-electron chi connectivity index (χ1n) is 13.7. The van der Waals surface area contributed by atoms with Gasteiger partial charge in [0.05, 0.1) is 5.25 Å². The number of hydrogen-bond donors (Lipinski definition) is 1. The van der Waals surface area contributed by atoms with Gasteiger partial charge in [-0.05, 0) is 49.8 Å². The van der Waals surface area contributed by atoms with Crippen LogP contribution in [0.4, 0.5) is 17.6 Å². The number of anilines is 3. The maximum atomic E-state index is 6.22. The molecule has 0 unspecified atom stereocenters. The second kappa shape index (κ2) is 11.1. The van der Waals surface area contributed by atoms with Crippen LogP contribution in [-0.2, 0) is 12.8 Å². The lowest BCUT2D eigenvalue weighted by atomic mass is 9.95. The van der Waals surface area contributed by atoms with Gasteiger partial charge in [0.2, 0.25) is 11.9 Å². The number of para-hydroxylation sites is 1. The van der Waals surface area contributed by atoms with E-state index in [1.54, 1.807) is 11.8 Å². The van der Waals surface area contributed by atoms with E-state index >= 15 is 0 Å². The summed E-state index contributed by atoms with van der Waals surface area (Å²) in [5, 5.41) is 10.2. The van der Waals surface area contributed by atoms with Crippen LogP contribution in [0.3, 0.4) is 0 Å². The van der Waals surface area contributed by atoms with E-state index in [0.29, 0.717) is 17.8 Å². The highest BCUT2D eigenvalue weighted by Crippen LogP contribution is 2.39. The zero-order valence-corrected chi connectivity index (χ0v) is 22.6. The number of aromatic nitrogens is 6. The average molecular weight is 527 g/mol. The van der Waals surface area contributed by atoms with Gasteiger partial charge in [-0.15, -0.1) is 10.2 Å². The number of fused-ring (bicyclic) bond motifs is 1. The Balaban J connectivity index is 1.29. The molecule has 2 aliphatic rings. The quantitative estimate of drug-likeness (QED) is 0.289. The van der Waals surface area contributed by atoms with Gasteiger partial charge in [0.15, 0.2) is 5.16 Å². The summed E-state index contributed by atoms with van der Waals surface area (Å²) in [6, 6.07) is 19.4. The Bertz CT molecular complexity index is 1380. The molecule has 9 heteroatoms. The largest absolute Gasteiger partial charge is 0.368 e. The number of nitrogen functional groups attached to an aromatic ring is 1. The Kier molecular flexibility index (Phi) is 7.27. The number of thioether (sulfide) groups is 1. The molecule has 4 aromatic rings. The zero-order valence-electron chi connectivity index (χ0n) is 21.8. The van der Waals surface area contributed by atoms with E-state index < -0.39 is 0 Å². The molecule has 2 aromatic carbocycles. The monoisotopic (exact) mass is 526 g/mol. The summed E-state index contributed by atoms with van der Waals surface area (Å²) in [6.45, 7) is 2.98. The van der Waals surface area contributed by atoms with Crippen molar-refractivity contribution in [1.29, 1.82) is 0 Å². The number of hydrogen-bond acceptors (Lipinski definition) is 8. The number of nitrogens with two attached hydrogens (primary N) is 1. The van der Waals surface area contributed by atoms with Crippen molar-refractivity contribution in [3.63, 3.8) is 0 Å². The highest BCUT2D eigenvalue weighted by atomic mass is 32.2. The lowest BCUT2D eigenvalue weighted by molar-refractivity contribution is 0.330. The normalized spacial score (nSPS) is 16.8. The molecule has 2 N–H and O–H groups in total. The van der Waals surface area contributed by atoms with E-state index in [0.717, 1.165) is 42.5 Å². The Morgan fingerprint density at radius 2 is 1.71 bits per heavy atom. The second-order valence-corrected chi connectivity index (χ2v) is 11.5. The third-order valence-corrected chi connectivity index (χ3v) is 8.59. The van der Waals surface area contributed by atoms with Gasteiger partial charge in [-0.2, -0.15) is 15.0 Å². The van der Waals surface area contributed by atoms with Gasteiger partial charge in [-0.25, -0.2) is 0 Å². The minimum absolute atomic E-state index is 0.0600. The Labute approximate surface area is 228 Å². The molecule has 1 fully saturated rings. The van der Waals surface area contributed by atoms with Crippen LogP contribution in [0.5, 0.6) is 0 Å². The molecule has 6 rings (SSSR count). The smallest absolute Gasteiger partial charge is 0.235 e. The maximum absolute atomic E-state index is 6.22. The van der Waals surface area contributed by atoms with Crippen LogP contribution in [0.2, 0.25) is 0 Å². The van der Waals surface area contributed by atoms with E-state index in [1.165, 1.54) is 43.2 Å². The molecule has 0 spiro atoms. The van der Waals surface area contributed by atoms with E-state index in [9.17, 15) is 0 Å². The molecule has 0 radical (unpaired) electrons. The lowest BCUT2D eigenvalue weighted by Crippen LogP contribution is -2.27. The van der Waals surface area contributed by atoms with Crippen molar-refractivity contribution in [1.82, 2.24) is 29.7 Å². The first kappa shape index (κ1) is 24.9. The van der Waals surface area contributed by atoms with Crippen molar-refractivity contribution in [3.8, 4) is 0 Å². The maximum Gasteiger partial charge on any atom is 0.235 e. The van der Waals surface area contributed by atoms with Gasteiger partial charge in [0.25, 0.3) is 0 Å². The van der Waals surface area contributed by atoms with Crippen molar-refractivity contribution in [3.05, 3.63) is 77.4 Å². The van der Waals surface area contributed by atoms with E-state index in [1.807, 2.05) is 0 Å². The van der Waals surface area contributed by atoms with Gasteiger partial charge in [-0.1, -0.05) is 79.6 Å². The Hall–Kier alpha value is -3.46. The summed E-state index contributed by atoms with van der Waals surface area (Å²) in [5.74, 6) is 2.56. The fraction of sp³-hybridized carbons (Fsp3) is 0.414. The van der Waals surface area contributed by atoms with E-state index in [-0.39, 0.29) is 11.2 Å². The predicted molar refractivity (Wildman–Crippen MR) is 152 cm³/mol. The number of rotatable bonds is 7. The molecule has 0 bridgehead atoms. The molecule has 1 aliphatic heterocycles. The average Bonchev–Trinajstić information content (AvgIpc) is 3.34. The molecule has 2 aromatic heterocycles. The van der Waals surface area contributed by atoms with Crippen molar-refractivity contribution in [2.24, 2.45) is 0 Å². The number of nitrogens with zero attached hydrogens (tertiary/aromatic N) is 7. The van der Waals surface area contributed by atoms with Crippen LogP contribution < -0.4 is 10.6 Å². The number of aryl methyl sites for hydroxylation is 1. The third kappa shape index (κ3) is 5.25. The summed E-state index contributed by atoms with van der Waals surface area (Å²) in [4.78, 5) is 16.2. The summed E-state index contributed by atoms with van der Waals surface area (Å²) in [6.07, 6.45) is 9.02. The van der Waals surface area contributed by atoms with Crippen LogP contribution in [0, 0.1) is 0 Å². The van der Waals surface area contributed by atoms with Gasteiger partial charge < -0.3 is 15.2 Å². The molecule has 8 nitrogen and oxygen atoms in total. The molecule has 0 amide bonds. The predicted octanol–water partition coefficient (Wildman–Crippen LogP) is 6.08. The summed E-state index contributed by atoms with van der Waals surface area (Å²) in [5.41, 5.74) is 9.94. The second-order valence-electron chi connectivity index (χ2n) is 10.2. The van der Waals surface area contributed by atoms with E-state index in [2.05, 4.69) is 91.2 Å². The van der Waals surface area contributed by atoms with Gasteiger partial charge in [0, 0.05) is 24.7 Å². The first-order chi connectivity index (χ1) is 18.7. The fourth-order valence-electron chi connectivity index (χ4n) is 5.64. The Morgan fingerprint density at radius 3 is 2.55 bits per heavy atom. The SMILES string of the molecule is C[C@H](Sc1nnc(Cc2ccccc2)n1C1CCCCC1)c1nc(N)nc(N2CCCc3ccccc32)n1. The molecule has 3 heterocycles. The van der Waals surface area contributed by atoms with Gasteiger partial charge >= 0.3 is 0 Å². The van der Waals surface area contributed by atoms with Crippen molar-refractivity contribution in [2.75, 3.05) is 17.2 Å². The minimum atomic E-state index is -0.0600. The first-order valence-corrected chi connectivity index (χ1v) is 14.5. The summed E-state index contributed by atoms with van der Waals surface area (Å²) >= 11 is 1.66. The highest BCUT2D eigenvalue weighted by molar-refractivity contribution is 7.99. The standard InChI is InChI=1S/C29H34N8S/c1-20(26-31-27(30)33-28(32-26)36-18-10-14-22-13-8-9-17-24(22)36)38-29-35-34-25(19-21-11-4-2-5-12-21)37(29)23-15-6-3-7-16-23/h2,4-5,8-9,11-13,17,20,23H,3,6-7,10,14-16,18-19H2,1H3,(H2,30,31,32,33)/t20-/m0/s1. The fourth-order valence-corrected chi connectivity index (χ4v) is 6.63. The van der Waals surface area contributed by atoms with Crippen LogP contribution >= 0.6 is 11.8 Å². The van der Waals surface area contributed by atoms with Gasteiger partial charge in [0.1, 0.15) is 11.6 Å². The Morgan fingerprint density at radius 1 is 0.921 bits per heavy atom. The highest BCUT2D eigenvalue weighted by Gasteiger charge is 2.27. The summed E-state index contributed by atoms with van der Waals surface area (Å²) < 4.78 is 2.39. The number of benzene rings is 2. The molecular weight excluding hydrogens is 492 g/mol. The van der Waals surface area contributed by atoms with Crippen LogP contribution in [0.15, 0.2) is 59.8 Å². The van der Waals surface area contributed by atoms with Crippen molar-refractivity contribution >= 4 is 29.3 Å². The zero-order chi connectivity index (χ0) is 25.9. The van der Waals surface area contributed by atoms with Crippen LogP contribution in [0.1, 0.15) is 79.5 Å². The van der Waals surface area contributed by atoms with Crippen molar-refractivity contribution in [2.45, 2.75) is 74.7 Å². The molecule has 38 heavy (non-hydrogen) atoms. The summed E-state index contributed by atoms with van der Waals surface area (Å²) in [7, 11) is 0. The topological polar surface area (TPSA) is 98.6 Å². The minimum Gasteiger partial charge on any atom is -0.368 e. The molecule has 0 saturated heterocycles. The molecule has 196 valence electrons. The van der Waals surface area contributed by atoms with Crippen LogP contribution in [-0.4, -0.2) is 36.3 Å². The van der Waals surface area contributed by atoms with Crippen molar-refractivity contribution < 1.29 is 0 Å². The van der Waals surface area contributed by atoms with Gasteiger partial charge in [-0.3, -0.25) is 0 Å². The lowest BCUT2D eigenvalue weighted by Gasteiger charge is -2.29. The van der Waals surface area contributed by atoms with E-state index in [4.69, 9.17) is 10.7 Å².